The number of carbonyl (C=O) groups excluding carboxylic acids is 2. The molecule has 20 heavy (non-hydrogen) atoms. The summed E-state index contributed by atoms with van der Waals surface area (Å²) in [5.74, 6) is -1.17. The predicted molar refractivity (Wildman–Crippen MR) is 72.6 cm³/mol. The molecule has 1 aromatic rings. The van der Waals surface area contributed by atoms with Crippen LogP contribution >= 0.6 is 0 Å². The molecule has 0 fully saturated rings. The van der Waals surface area contributed by atoms with E-state index in [1.165, 1.54) is 7.11 Å². The van der Waals surface area contributed by atoms with Crippen molar-refractivity contribution in [1.82, 2.24) is 0 Å². The Labute approximate surface area is 115 Å². The minimum absolute atomic E-state index is 0.0323. The molecule has 108 valence electrons. The van der Waals surface area contributed by atoms with E-state index in [9.17, 15) is 14.4 Å². The number of ether oxygens (including phenoxy) is 1. The second-order valence-electron chi connectivity index (χ2n) is 3.99. The highest BCUT2D eigenvalue weighted by atomic mass is 16.5. The van der Waals surface area contributed by atoms with Gasteiger partial charge < -0.3 is 15.2 Å². The molecule has 0 atom stereocenters. The van der Waals surface area contributed by atoms with Gasteiger partial charge in [0.15, 0.2) is 0 Å². The number of benzene rings is 1. The summed E-state index contributed by atoms with van der Waals surface area (Å²) in [4.78, 5) is 32.8. The van der Waals surface area contributed by atoms with Gasteiger partial charge in [0.25, 0.3) is 0 Å². The molecule has 0 aliphatic rings. The van der Waals surface area contributed by atoms with E-state index in [-0.39, 0.29) is 18.7 Å². The lowest BCUT2D eigenvalue weighted by Crippen LogP contribution is -2.13. The Morgan fingerprint density at radius 1 is 1.05 bits per heavy atom. The van der Waals surface area contributed by atoms with Crippen LogP contribution in [0.4, 0.5) is 16.2 Å². The molecule has 1 aromatic carbocycles. The average Bonchev–Trinajstić information content (AvgIpc) is 2.40. The molecule has 0 spiro atoms. The van der Waals surface area contributed by atoms with Gasteiger partial charge in [0, 0.05) is 24.2 Å². The van der Waals surface area contributed by atoms with Crippen molar-refractivity contribution >= 4 is 29.3 Å². The van der Waals surface area contributed by atoms with E-state index >= 15 is 0 Å². The first-order valence-corrected chi connectivity index (χ1v) is 5.98. The summed E-state index contributed by atoms with van der Waals surface area (Å²) < 4.78 is 4.44. The highest BCUT2D eigenvalue weighted by Crippen LogP contribution is 2.14. The van der Waals surface area contributed by atoms with E-state index in [1.807, 2.05) is 0 Å². The van der Waals surface area contributed by atoms with Crippen molar-refractivity contribution in [2.45, 2.75) is 19.3 Å². The fourth-order valence-electron chi connectivity index (χ4n) is 1.43. The van der Waals surface area contributed by atoms with E-state index in [2.05, 4.69) is 15.4 Å². The summed E-state index contributed by atoms with van der Waals surface area (Å²) >= 11 is 0. The number of aliphatic carboxylic acids is 1. The van der Waals surface area contributed by atoms with Gasteiger partial charge in [0.05, 0.1) is 7.11 Å². The van der Waals surface area contributed by atoms with Gasteiger partial charge in [-0.1, -0.05) is 0 Å². The van der Waals surface area contributed by atoms with Gasteiger partial charge in [-0.15, -0.1) is 0 Å². The molecule has 7 heteroatoms. The summed E-state index contributed by atoms with van der Waals surface area (Å²) in [5.41, 5.74) is 1.11. The molecule has 0 saturated carbocycles. The zero-order valence-electron chi connectivity index (χ0n) is 11.0. The van der Waals surface area contributed by atoms with Crippen molar-refractivity contribution in [2.75, 3.05) is 17.7 Å². The smallest absolute Gasteiger partial charge is 0.411 e. The Balaban J connectivity index is 2.42. The molecule has 0 saturated heterocycles. The number of carboxylic acids is 1. The Bertz CT molecular complexity index is 484. The van der Waals surface area contributed by atoms with Crippen LogP contribution in [0, 0.1) is 0 Å². The Morgan fingerprint density at radius 3 is 2.10 bits per heavy atom. The van der Waals surface area contributed by atoms with Crippen LogP contribution in [-0.2, 0) is 14.3 Å². The highest BCUT2D eigenvalue weighted by Gasteiger charge is 2.05. The molecule has 1 rings (SSSR count). The molecule has 0 aromatic heterocycles. The molecule has 7 nitrogen and oxygen atoms in total. The van der Waals surface area contributed by atoms with Crippen molar-refractivity contribution in [3.63, 3.8) is 0 Å². The fourth-order valence-corrected chi connectivity index (χ4v) is 1.43. The van der Waals surface area contributed by atoms with Crippen LogP contribution in [-0.4, -0.2) is 30.2 Å². The second kappa shape index (κ2) is 7.78. The van der Waals surface area contributed by atoms with Gasteiger partial charge in [0.1, 0.15) is 0 Å². The number of rotatable bonds is 6. The minimum atomic E-state index is -0.920. The topological polar surface area (TPSA) is 105 Å². The number of carboxylic acid groups (broad SMARTS) is 1. The average molecular weight is 280 g/mol. The van der Waals surface area contributed by atoms with Crippen LogP contribution in [0.15, 0.2) is 24.3 Å². The van der Waals surface area contributed by atoms with Crippen LogP contribution in [0.3, 0.4) is 0 Å². The molecular formula is C13H16N2O5. The summed E-state index contributed by atoms with van der Waals surface area (Å²) in [5, 5.41) is 13.6. The van der Waals surface area contributed by atoms with Crippen LogP contribution < -0.4 is 10.6 Å². The van der Waals surface area contributed by atoms with Crippen LogP contribution in [0.5, 0.6) is 0 Å². The lowest BCUT2D eigenvalue weighted by molar-refractivity contribution is -0.137. The number of anilines is 2. The number of carbonyl (C=O) groups is 3. The van der Waals surface area contributed by atoms with Gasteiger partial charge in [-0.2, -0.15) is 0 Å². The standard InChI is InChI=1S/C13H16N2O5/c1-20-13(19)15-10-7-5-9(6-8-10)14-11(16)3-2-4-12(17)18/h5-8H,2-4H2,1H3,(H,14,16)(H,15,19)(H,17,18). The quantitative estimate of drug-likeness (QED) is 0.739. The first kappa shape index (κ1) is 15.5. The van der Waals surface area contributed by atoms with Gasteiger partial charge in [-0.05, 0) is 30.7 Å². The van der Waals surface area contributed by atoms with Crippen LogP contribution in [0.2, 0.25) is 0 Å². The minimum Gasteiger partial charge on any atom is -0.481 e. The monoisotopic (exact) mass is 280 g/mol. The summed E-state index contributed by atoms with van der Waals surface area (Å²) in [6.45, 7) is 0. The van der Waals surface area contributed by atoms with Crippen molar-refractivity contribution < 1.29 is 24.2 Å². The third-order valence-corrected chi connectivity index (χ3v) is 2.39. The molecule has 0 aliphatic carbocycles. The normalized spacial score (nSPS) is 9.65. The number of methoxy groups -OCH3 is 1. The van der Waals surface area contributed by atoms with Crippen molar-refractivity contribution in [3.05, 3.63) is 24.3 Å². The zero-order valence-corrected chi connectivity index (χ0v) is 11.0. The molecule has 3 N–H and O–H groups in total. The molecule has 0 heterocycles. The molecule has 0 aliphatic heterocycles. The summed E-state index contributed by atoms with van der Waals surface area (Å²) in [7, 11) is 1.26. The van der Waals surface area contributed by atoms with Gasteiger partial charge in [0.2, 0.25) is 5.91 Å². The molecule has 0 unspecified atom stereocenters. The zero-order chi connectivity index (χ0) is 15.0. The maximum absolute atomic E-state index is 11.5. The van der Waals surface area contributed by atoms with E-state index in [4.69, 9.17) is 5.11 Å². The highest BCUT2D eigenvalue weighted by molar-refractivity contribution is 5.91. The second-order valence-corrected chi connectivity index (χ2v) is 3.99. The summed E-state index contributed by atoms with van der Waals surface area (Å²) in [6.07, 6.45) is -0.164. The third kappa shape index (κ3) is 5.85. The van der Waals surface area contributed by atoms with Crippen LogP contribution in [0.25, 0.3) is 0 Å². The SMILES string of the molecule is COC(=O)Nc1ccc(NC(=O)CCCC(=O)O)cc1. The number of nitrogens with one attached hydrogen (secondary N) is 2. The van der Waals surface area contributed by atoms with Crippen molar-refractivity contribution in [3.8, 4) is 0 Å². The van der Waals surface area contributed by atoms with E-state index in [0.717, 1.165) is 0 Å². The van der Waals surface area contributed by atoms with Gasteiger partial charge in [-0.3, -0.25) is 14.9 Å². The largest absolute Gasteiger partial charge is 0.481 e. The van der Waals surface area contributed by atoms with E-state index in [0.29, 0.717) is 17.8 Å². The maximum Gasteiger partial charge on any atom is 0.411 e. The van der Waals surface area contributed by atoms with Crippen molar-refractivity contribution in [2.24, 2.45) is 0 Å². The number of amides is 2. The molecule has 0 radical (unpaired) electrons. The first-order chi connectivity index (χ1) is 9.51. The van der Waals surface area contributed by atoms with Crippen molar-refractivity contribution in [1.29, 1.82) is 0 Å². The fraction of sp³-hybridized carbons (Fsp3) is 0.308. The van der Waals surface area contributed by atoms with Gasteiger partial charge >= 0.3 is 12.1 Å². The van der Waals surface area contributed by atoms with Gasteiger partial charge in [-0.25, -0.2) is 4.79 Å². The third-order valence-electron chi connectivity index (χ3n) is 2.39. The lowest BCUT2D eigenvalue weighted by Gasteiger charge is -2.07. The lowest BCUT2D eigenvalue weighted by atomic mass is 10.2. The molecule has 0 bridgehead atoms. The molecule has 2 amide bonds. The van der Waals surface area contributed by atoms with Crippen LogP contribution in [0.1, 0.15) is 19.3 Å². The van der Waals surface area contributed by atoms with E-state index < -0.39 is 12.1 Å². The Morgan fingerprint density at radius 2 is 1.60 bits per heavy atom. The maximum atomic E-state index is 11.5. The summed E-state index contributed by atoms with van der Waals surface area (Å²) in [6, 6.07) is 6.48. The van der Waals surface area contributed by atoms with E-state index in [1.54, 1.807) is 24.3 Å². The Hall–Kier alpha value is -2.57. The first-order valence-electron chi connectivity index (χ1n) is 5.98. The molecular weight excluding hydrogens is 264 g/mol. The number of hydrogen-bond donors (Lipinski definition) is 3. The Kier molecular flexibility index (Phi) is 6.02. The predicted octanol–water partition coefficient (Wildman–Crippen LogP) is 2.06. The number of hydrogen-bond acceptors (Lipinski definition) is 4.